The molecule has 0 saturated heterocycles. The monoisotopic (exact) mass is 307 g/mol. The molecule has 0 aliphatic rings. The van der Waals surface area contributed by atoms with Crippen LogP contribution in [-0.2, 0) is 0 Å². The third-order valence-corrected chi connectivity index (χ3v) is 3.54. The minimum Gasteiger partial charge on any atom is -0.290 e. The Bertz CT molecular complexity index is 855. The molecule has 2 heterocycles. The van der Waals surface area contributed by atoms with E-state index in [1.807, 2.05) is 51.1 Å². The zero-order valence-corrected chi connectivity index (χ0v) is 13.2. The molecule has 0 atom stereocenters. The van der Waals surface area contributed by atoms with Crippen LogP contribution in [0.4, 0.5) is 5.95 Å². The van der Waals surface area contributed by atoms with Crippen LogP contribution >= 0.6 is 0 Å². The maximum atomic E-state index is 12.6. The third kappa shape index (κ3) is 2.96. The molecular weight excluding hydrogens is 290 g/mol. The van der Waals surface area contributed by atoms with E-state index in [0.717, 1.165) is 17.1 Å². The number of para-hydroxylation sites is 1. The first-order valence-electron chi connectivity index (χ1n) is 7.29. The highest BCUT2D eigenvalue weighted by Crippen LogP contribution is 2.18. The van der Waals surface area contributed by atoms with E-state index in [4.69, 9.17) is 0 Å². The number of amides is 1. The fourth-order valence-corrected chi connectivity index (χ4v) is 2.47. The normalized spacial score (nSPS) is 10.6. The van der Waals surface area contributed by atoms with Crippen LogP contribution in [-0.4, -0.2) is 25.7 Å². The Balaban J connectivity index is 1.94. The van der Waals surface area contributed by atoms with Gasteiger partial charge in [0.15, 0.2) is 0 Å². The highest BCUT2D eigenvalue weighted by Gasteiger charge is 2.20. The molecule has 1 aromatic carbocycles. The van der Waals surface area contributed by atoms with E-state index in [1.54, 1.807) is 16.9 Å². The molecule has 0 saturated carbocycles. The van der Waals surface area contributed by atoms with Gasteiger partial charge in [-0.3, -0.25) is 10.1 Å². The number of hydrogen-bond acceptors (Lipinski definition) is 4. The van der Waals surface area contributed by atoms with Crippen molar-refractivity contribution in [1.82, 2.24) is 19.7 Å². The number of nitrogens with zero attached hydrogens (tertiary/aromatic N) is 4. The van der Waals surface area contributed by atoms with Crippen molar-refractivity contribution in [2.45, 2.75) is 20.8 Å². The zero-order chi connectivity index (χ0) is 16.4. The molecule has 1 N–H and O–H groups in total. The average Bonchev–Trinajstić information content (AvgIpc) is 2.83. The van der Waals surface area contributed by atoms with Crippen LogP contribution in [0.25, 0.3) is 5.69 Å². The Kier molecular flexibility index (Phi) is 3.89. The number of aryl methyl sites for hydroxylation is 2. The van der Waals surface area contributed by atoms with Crippen molar-refractivity contribution in [1.29, 1.82) is 0 Å². The minimum atomic E-state index is -0.257. The molecule has 0 bridgehead atoms. The van der Waals surface area contributed by atoms with E-state index in [2.05, 4.69) is 20.4 Å². The summed E-state index contributed by atoms with van der Waals surface area (Å²) in [6.07, 6.45) is 1.62. The van der Waals surface area contributed by atoms with Crippen molar-refractivity contribution in [2.24, 2.45) is 0 Å². The van der Waals surface area contributed by atoms with Crippen LogP contribution in [0.1, 0.15) is 27.4 Å². The lowest BCUT2D eigenvalue weighted by Crippen LogP contribution is -2.16. The highest BCUT2D eigenvalue weighted by molar-refractivity contribution is 6.05. The Morgan fingerprint density at radius 2 is 1.83 bits per heavy atom. The molecule has 116 valence electrons. The molecule has 0 aliphatic carbocycles. The van der Waals surface area contributed by atoms with Gasteiger partial charge in [0.25, 0.3) is 5.91 Å². The molecule has 6 heteroatoms. The molecular formula is C17H17N5O. The molecule has 0 fully saturated rings. The Morgan fingerprint density at radius 3 is 2.52 bits per heavy atom. The van der Waals surface area contributed by atoms with Crippen molar-refractivity contribution >= 4 is 11.9 Å². The second-order valence-electron chi connectivity index (χ2n) is 5.27. The van der Waals surface area contributed by atoms with Gasteiger partial charge in [-0.2, -0.15) is 5.10 Å². The van der Waals surface area contributed by atoms with Crippen LogP contribution in [0.15, 0.2) is 42.6 Å². The SMILES string of the molecule is Cc1ccnc(NC(=O)c2c(C)nn(-c3ccccc3)c2C)n1. The maximum absolute atomic E-state index is 12.6. The Hall–Kier alpha value is -3.02. The van der Waals surface area contributed by atoms with Crippen LogP contribution in [0.5, 0.6) is 0 Å². The fourth-order valence-electron chi connectivity index (χ4n) is 2.47. The van der Waals surface area contributed by atoms with Gasteiger partial charge in [-0.1, -0.05) is 18.2 Å². The van der Waals surface area contributed by atoms with Gasteiger partial charge in [-0.15, -0.1) is 0 Å². The van der Waals surface area contributed by atoms with Crippen LogP contribution in [0, 0.1) is 20.8 Å². The number of carbonyl (C=O) groups excluding carboxylic acids is 1. The summed E-state index contributed by atoms with van der Waals surface area (Å²) in [6, 6.07) is 11.5. The van der Waals surface area contributed by atoms with E-state index in [-0.39, 0.29) is 5.91 Å². The van der Waals surface area contributed by atoms with Crippen molar-refractivity contribution in [3.8, 4) is 5.69 Å². The number of carbonyl (C=O) groups is 1. The standard InChI is InChI=1S/C17H17N5O/c1-11-9-10-18-17(19-11)20-16(23)15-12(2)21-22(13(15)3)14-7-5-4-6-8-14/h4-10H,1-3H3,(H,18,19,20,23). The van der Waals surface area contributed by atoms with Crippen LogP contribution in [0.3, 0.4) is 0 Å². The summed E-state index contributed by atoms with van der Waals surface area (Å²) in [7, 11) is 0. The molecule has 0 spiro atoms. The van der Waals surface area contributed by atoms with E-state index < -0.39 is 0 Å². The molecule has 23 heavy (non-hydrogen) atoms. The molecule has 1 amide bonds. The van der Waals surface area contributed by atoms with E-state index in [9.17, 15) is 4.79 Å². The molecule has 2 aromatic heterocycles. The summed E-state index contributed by atoms with van der Waals surface area (Å²) in [4.78, 5) is 20.8. The average molecular weight is 307 g/mol. The number of nitrogens with one attached hydrogen (secondary N) is 1. The number of benzene rings is 1. The summed E-state index contributed by atoms with van der Waals surface area (Å²) in [5.41, 5.74) is 3.69. The first-order valence-corrected chi connectivity index (χ1v) is 7.29. The van der Waals surface area contributed by atoms with Gasteiger partial charge in [0.2, 0.25) is 5.95 Å². The lowest BCUT2D eigenvalue weighted by atomic mass is 10.2. The topological polar surface area (TPSA) is 72.7 Å². The molecule has 3 aromatic rings. The molecule has 6 nitrogen and oxygen atoms in total. The fraction of sp³-hybridized carbons (Fsp3) is 0.176. The van der Waals surface area contributed by atoms with Crippen molar-refractivity contribution < 1.29 is 4.79 Å². The van der Waals surface area contributed by atoms with Crippen LogP contribution < -0.4 is 5.32 Å². The van der Waals surface area contributed by atoms with Gasteiger partial charge in [0, 0.05) is 11.9 Å². The third-order valence-electron chi connectivity index (χ3n) is 3.54. The number of aromatic nitrogens is 4. The maximum Gasteiger partial charge on any atom is 0.261 e. The predicted octanol–water partition coefficient (Wildman–Crippen LogP) is 2.84. The molecule has 0 radical (unpaired) electrons. The van der Waals surface area contributed by atoms with E-state index in [1.165, 1.54) is 0 Å². The van der Waals surface area contributed by atoms with Crippen molar-refractivity contribution in [3.63, 3.8) is 0 Å². The second-order valence-corrected chi connectivity index (χ2v) is 5.27. The van der Waals surface area contributed by atoms with Crippen molar-refractivity contribution in [2.75, 3.05) is 5.32 Å². The summed E-state index contributed by atoms with van der Waals surface area (Å²) >= 11 is 0. The predicted molar refractivity (Wildman–Crippen MR) is 87.8 cm³/mol. The lowest BCUT2D eigenvalue weighted by Gasteiger charge is -2.06. The summed E-state index contributed by atoms with van der Waals surface area (Å²) in [5.74, 6) is 0.0362. The molecule has 0 aliphatic heterocycles. The Morgan fingerprint density at radius 1 is 1.09 bits per heavy atom. The second kappa shape index (κ2) is 6.00. The van der Waals surface area contributed by atoms with Gasteiger partial charge < -0.3 is 0 Å². The van der Waals surface area contributed by atoms with Gasteiger partial charge in [-0.25, -0.2) is 14.6 Å². The summed E-state index contributed by atoms with van der Waals surface area (Å²) in [5, 5.41) is 7.21. The number of anilines is 1. The van der Waals surface area contributed by atoms with E-state index in [0.29, 0.717) is 17.2 Å². The van der Waals surface area contributed by atoms with E-state index >= 15 is 0 Å². The zero-order valence-electron chi connectivity index (χ0n) is 13.2. The highest BCUT2D eigenvalue weighted by atomic mass is 16.1. The smallest absolute Gasteiger partial charge is 0.261 e. The quantitative estimate of drug-likeness (QED) is 0.807. The molecule has 0 unspecified atom stereocenters. The lowest BCUT2D eigenvalue weighted by molar-refractivity contribution is 0.102. The molecule has 3 rings (SSSR count). The summed E-state index contributed by atoms with van der Waals surface area (Å²) < 4.78 is 1.77. The number of rotatable bonds is 3. The minimum absolute atomic E-state index is 0.257. The Labute approximate surface area is 134 Å². The number of hydrogen-bond donors (Lipinski definition) is 1. The van der Waals surface area contributed by atoms with Crippen molar-refractivity contribution in [3.05, 3.63) is 65.2 Å². The first kappa shape index (κ1) is 14.9. The van der Waals surface area contributed by atoms with Crippen LogP contribution in [0.2, 0.25) is 0 Å². The van der Waals surface area contributed by atoms with Gasteiger partial charge in [-0.05, 0) is 39.0 Å². The summed E-state index contributed by atoms with van der Waals surface area (Å²) in [6.45, 7) is 5.54. The van der Waals surface area contributed by atoms with Gasteiger partial charge in [0.1, 0.15) is 0 Å². The van der Waals surface area contributed by atoms with Gasteiger partial charge in [0.05, 0.1) is 22.6 Å². The first-order chi connectivity index (χ1) is 11.1. The largest absolute Gasteiger partial charge is 0.290 e. The van der Waals surface area contributed by atoms with Gasteiger partial charge >= 0.3 is 0 Å².